The van der Waals surface area contributed by atoms with Crippen molar-refractivity contribution >= 4 is 6.09 Å². The molecule has 3 saturated carbocycles. The molecule has 0 saturated heterocycles. The maximum absolute atomic E-state index is 13.8. The third kappa shape index (κ3) is 9.62. The summed E-state index contributed by atoms with van der Waals surface area (Å²) in [6, 6.07) is 0.654. The van der Waals surface area contributed by atoms with Gasteiger partial charge in [-0.15, -0.1) is 0 Å². The number of hydrogen-bond donors (Lipinski definition) is 2. The van der Waals surface area contributed by atoms with Gasteiger partial charge in [-0.1, -0.05) is 79.4 Å². The van der Waals surface area contributed by atoms with E-state index in [0.717, 1.165) is 100 Å². The maximum Gasteiger partial charge on any atom is 0.410 e. The van der Waals surface area contributed by atoms with E-state index in [1.54, 1.807) is 5.57 Å². The molecule has 10 atom stereocenters. The van der Waals surface area contributed by atoms with Crippen molar-refractivity contribution in [2.24, 2.45) is 58.0 Å². The van der Waals surface area contributed by atoms with E-state index in [4.69, 9.17) is 10.5 Å². The highest BCUT2D eigenvalue weighted by Gasteiger charge is 2.59. The Hall–Kier alpha value is -1.07. The van der Waals surface area contributed by atoms with Crippen LogP contribution < -0.4 is 11.1 Å². The number of allylic oxidation sites excluding steroid dienone is 1. The van der Waals surface area contributed by atoms with Crippen molar-refractivity contribution in [2.75, 3.05) is 19.6 Å². The van der Waals surface area contributed by atoms with Gasteiger partial charge in [0, 0.05) is 25.0 Å². The third-order valence-corrected chi connectivity index (χ3v) is 14.4. The van der Waals surface area contributed by atoms with Crippen LogP contribution in [0.1, 0.15) is 165 Å². The molecule has 4 aliphatic rings. The normalized spacial score (nSPS) is 33.4. The van der Waals surface area contributed by atoms with Gasteiger partial charge in [0.1, 0.15) is 6.10 Å². The molecule has 5 heteroatoms. The SMILES string of the molecule is CC(C)CCC[C@@H](C)[C@H]1CC[C@H]2[C@@H]3CC=C4C[C@@H](OC(=O)N(CCCCNC(C)CCN)C(C)CCC(C)C)CC[C@]4(C)[C@H]3CC[C@]12C. The summed E-state index contributed by atoms with van der Waals surface area (Å²) in [5.74, 6) is 5.77. The Kier molecular flexibility index (Phi) is 14.8. The lowest BCUT2D eigenvalue weighted by atomic mass is 9.47. The van der Waals surface area contributed by atoms with E-state index < -0.39 is 0 Å². The molecule has 0 bridgehead atoms. The Bertz CT molecular complexity index is 1030. The van der Waals surface area contributed by atoms with Crippen LogP contribution in [-0.4, -0.2) is 48.8 Å². The fraction of sp³-hybridized carbons (Fsp3) is 0.930. The molecular formula is C43H79N3O2. The Morgan fingerprint density at radius 2 is 1.65 bits per heavy atom. The zero-order valence-corrected chi connectivity index (χ0v) is 33.1. The molecule has 2 unspecified atom stereocenters. The highest BCUT2D eigenvalue weighted by Crippen LogP contribution is 2.67. The first-order chi connectivity index (χ1) is 22.8. The maximum atomic E-state index is 13.8. The number of amides is 1. The van der Waals surface area contributed by atoms with Gasteiger partial charge in [0.25, 0.3) is 0 Å². The lowest BCUT2D eigenvalue weighted by Crippen LogP contribution is -2.51. The summed E-state index contributed by atoms with van der Waals surface area (Å²) in [6.07, 6.45) is 22.1. The first kappa shape index (κ1) is 39.7. The van der Waals surface area contributed by atoms with Crippen LogP contribution in [0.25, 0.3) is 0 Å². The second-order valence-electron chi connectivity index (χ2n) is 18.7. The van der Waals surface area contributed by atoms with E-state index in [-0.39, 0.29) is 23.7 Å². The largest absolute Gasteiger partial charge is 0.446 e. The van der Waals surface area contributed by atoms with Crippen LogP contribution in [0.2, 0.25) is 0 Å². The number of nitrogens with one attached hydrogen (secondary N) is 1. The van der Waals surface area contributed by atoms with Gasteiger partial charge in [0.15, 0.2) is 0 Å². The molecule has 5 nitrogen and oxygen atoms in total. The number of hydrogen-bond acceptors (Lipinski definition) is 4. The van der Waals surface area contributed by atoms with Gasteiger partial charge in [0.05, 0.1) is 0 Å². The molecule has 278 valence electrons. The lowest BCUT2D eigenvalue weighted by Gasteiger charge is -2.58. The number of carbonyl (C=O) groups excluding carboxylic acids is 1. The monoisotopic (exact) mass is 670 g/mol. The smallest absolute Gasteiger partial charge is 0.410 e. The molecule has 4 aliphatic carbocycles. The molecule has 0 aromatic heterocycles. The van der Waals surface area contributed by atoms with E-state index in [1.165, 1.54) is 57.8 Å². The zero-order chi connectivity index (χ0) is 35.1. The Morgan fingerprint density at radius 1 is 0.896 bits per heavy atom. The first-order valence-electron chi connectivity index (χ1n) is 20.9. The van der Waals surface area contributed by atoms with Gasteiger partial charge in [-0.25, -0.2) is 4.79 Å². The fourth-order valence-electron chi connectivity index (χ4n) is 11.3. The number of unbranched alkanes of at least 4 members (excludes halogenated alkanes) is 1. The minimum absolute atomic E-state index is 0.0170. The third-order valence-electron chi connectivity index (χ3n) is 14.4. The number of fused-ring (bicyclic) bond motifs is 5. The lowest BCUT2D eigenvalue weighted by molar-refractivity contribution is -0.0597. The summed E-state index contributed by atoms with van der Waals surface area (Å²) in [7, 11) is 0. The van der Waals surface area contributed by atoms with Crippen LogP contribution in [-0.2, 0) is 4.74 Å². The van der Waals surface area contributed by atoms with Crippen molar-refractivity contribution in [2.45, 2.75) is 183 Å². The van der Waals surface area contributed by atoms with E-state index in [1.807, 2.05) is 0 Å². The number of rotatable bonds is 18. The topological polar surface area (TPSA) is 67.6 Å². The molecule has 0 radical (unpaired) electrons. The predicted molar refractivity (Wildman–Crippen MR) is 204 cm³/mol. The van der Waals surface area contributed by atoms with Gasteiger partial charge < -0.3 is 20.7 Å². The van der Waals surface area contributed by atoms with Crippen LogP contribution in [0.3, 0.4) is 0 Å². The van der Waals surface area contributed by atoms with E-state index >= 15 is 0 Å². The van der Waals surface area contributed by atoms with Crippen LogP contribution in [0.5, 0.6) is 0 Å². The molecule has 0 aromatic rings. The molecule has 3 fully saturated rings. The molecule has 1 amide bonds. The highest BCUT2D eigenvalue weighted by molar-refractivity contribution is 5.68. The van der Waals surface area contributed by atoms with Crippen molar-refractivity contribution in [3.05, 3.63) is 11.6 Å². The van der Waals surface area contributed by atoms with Crippen LogP contribution >= 0.6 is 0 Å². The van der Waals surface area contributed by atoms with E-state index in [2.05, 4.69) is 78.6 Å². The summed E-state index contributed by atoms with van der Waals surface area (Å²) in [6.45, 7) is 24.1. The van der Waals surface area contributed by atoms with Crippen LogP contribution in [0.4, 0.5) is 4.79 Å². The molecule has 4 rings (SSSR count). The number of nitrogens with two attached hydrogens (primary N) is 1. The van der Waals surface area contributed by atoms with E-state index in [9.17, 15) is 4.79 Å². The average molecular weight is 670 g/mol. The van der Waals surface area contributed by atoms with Gasteiger partial charge in [-0.2, -0.15) is 0 Å². The van der Waals surface area contributed by atoms with Gasteiger partial charge in [-0.05, 0) is 156 Å². The molecule has 0 aromatic carbocycles. The van der Waals surface area contributed by atoms with Crippen molar-refractivity contribution < 1.29 is 9.53 Å². The molecule has 3 N–H and O–H groups in total. The van der Waals surface area contributed by atoms with Crippen LogP contribution in [0, 0.1) is 52.3 Å². The Balaban J connectivity index is 1.35. The number of nitrogens with zero attached hydrogens (tertiary/aromatic N) is 1. The Labute approximate surface area is 297 Å². The Morgan fingerprint density at radius 3 is 2.35 bits per heavy atom. The predicted octanol–water partition coefficient (Wildman–Crippen LogP) is 10.8. The fourth-order valence-corrected chi connectivity index (χ4v) is 11.3. The molecule has 0 aliphatic heterocycles. The minimum Gasteiger partial charge on any atom is -0.446 e. The van der Waals surface area contributed by atoms with Gasteiger partial charge in [-0.3, -0.25) is 0 Å². The van der Waals surface area contributed by atoms with Crippen molar-refractivity contribution in [1.82, 2.24) is 10.2 Å². The van der Waals surface area contributed by atoms with Gasteiger partial charge in [0.2, 0.25) is 0 Å². The van der Waals surface area contributed by atoms with Crippen LogP contribution in [0.15, 0.2) is 11.6 Å². The number of carbonyl (C=O) groups is 1. The molecule has 0 heterocycles. The zero-order valence-electron chi connectivity index (χ0n) is 33.1. The summed E-state index contributed by atoms with van der Waals surface area (Å²) in [5.41, 5.74) is 8.15. The summed E-state index contributed by atoms with van der Waals surface area (Å²) >= 11 is 0. The minimum atomic E-state index is -0.0773. The summed E-state index contributed by atoms with van der Waals surface area (Å²) in [5, 5.41) is 3.58. The molecular weight excluding hydrogens is 590 g/mol. The second-order valence-corrected chi connectivity index (χ2v) is 18.7. The van der Waals surface area contributed by atoms with E-state index in [0.29, 0.717) is 17.4 Å². The summed E-state index contributed by atoms with van der Waals surface area (Å²) in [4.78, 5) is 15.9. The van der Waals surface area contributed by atoms with Crippen molar-refractivity contribution in [1.29, 1.82) is 0 Å². The molecule has 0 spiro atoms. The van der Waals surface area contributed by atoms with Crippen molar-refractivity contribution in [3.8, 4) is 0 Å². The highest BCUT2D eigenvalue weighted by atomic mass is 16.6. The first-order valence-corrected chi connectivity index (χ1v) is 20.9. The standard InChI is InChI=1S/C43H79N3O2/c1-30(2)13-12-14-32(5)38-19-20-39-37-18-17-35-29-36(21-24-42(35,8)40(37)22-25-43(38,39)9)48-41(47)46(34(7)16-15-31(3)4)28-11-10-27-45-33(6)23-26-44/h17,30-34,36-40,45H,10-16,18-29,44H2,1-9H3/t32-,33?,34?,36+,37+,38-,39+,40+,42+,43-/m1/s1. The second kappa shape index (κ2) is 17.9. The summed E-state index contributed by atoms with van der Waals surface area (Å²) < 4.78 is 6.43. The number of ether oxygens (including phenoxy) is 1. The average Bonchev–Trinajstić information content (AvgIpc) is 3.39. The quantitative estimate of drug-likeness (QED) is 0.113. The van der Waals surface area contributed by atoms with Crippen molar-refractivity contribution in [3.63, 3.8) is 0 Å². The molecule has 48 heavy (non-hydrogen) atoms. The van der Waals surface area contributed by atoms with Gasteiger partial charge >= 0.3 is 6.09 Å².